The van der Waals surface area contributed by atoms with Gasteiger partial charge in [-0.2, -0.15) is 0 Å². The Labute approximate surface area is 253 Å². The molecule has 0 spiro atoms. The molecule has 2 amide bonds. The molecule has 11 nitrogen and oxygen atoms in total. The van der Waals surface area contributed by atoms with Crippen LogP contribution < -0.4 is 15.0 Å². The molecule has 1 atom stereocenters. The Morgan fingerprint density at radius 1 is 0.955 bits per heavy atom. The van der Waals surface area contributed by atoms with Gasteiger partial charge in [-0.1, -0.05) is 59.8 Å². The van der Waals surface area contributed by atoms with Gasteiger partial charge in [0, 0.05) is 42.4 Å². The first-order valence-electron chi connectivity index (χ1n) is 13.8. The highest BCUT2D eigenvalue weighted by atomic mass is 16.6. The van der Waals surface area contributed by atoms with E-state index in [-0.39, 0.29) is 11.6 Å². The summed E-state index contributed by atoms with van der Waals surface area (Å²) in [7, 11) is 3.25. The van der Waals surface area contributed by atoms with Crippen LogP contribution in [0.15, 0.2) is 109 Å². The number of likely N-dealkylation sites (N-methyl/N-ethyl adjacent to an activating group) is 1. The van der Waals surface area contributed by atoms with E-state index in [1.54, 1.807) is 79.6 Å². The van der Waals surface area contributed by atoms with Crippen LogP contribution in [0.3, 0.4) is 0 Å². The van der Waals surface area contributed by atoms with Gasteiger partial charge in [0.15, 0.2) is 0 Å². The van der Waals surface area contributed by atoms with Gasteiger partial charge in [0.25, 0.3) is 11.6 Å². The molecule has 0 radical (unpaired) electrons. The summed E-state index contributed by atoms with van der Waals surface area (Å²) in [4.78, 5) is 39.2. The number of aromatic nitrogens is 3. The van der Waals surface area contributed by atoms with Crippen molar-refractivity contribution >= 4 is 23.2 Å². The predicted molar refractivity (Wildman–Crippen MR) is 165 cm³/mol. The zero-order valence-electron chi connectivity index (χ0n) is 24.2. The van der Waals surface area contributed by atoms with Gasteiger partial charge in [0.1, 0.15) is 17.5 Å². The minimum atomic E-state index is -0.830. The van der Waals surface area contributed by atoms with Crippen LogP contribution in [0.2, 0.25) is 0 Å². The molecule has 44 heavy (non-hydrogen) atoms. The number of carbonyl (C=O) groups is 2. The molecule has 1 aromatic heterocycles. The van der Waals surface area contributed by atoms with Crippen LogP contribution >= 0.6 is 0 Å². The number of methoxy groups -OCH3 is 1. The van der Waals surface area contributed by atoms with Crippen molar-refractivity contribution in [3.63, 3.8) is 0 Å². The normalized spacial score (nSPS) is 11.4. The highest BCUT2D eigenvalue weighted by molar-refractivity contribution is 6.02. The Morgan fingerprint density at radius 2 is 1.68 bits per heavy atom. The second kappa shape index (κ2) is 13.4. The van der Waals surface area contributed by atoms with Crippen LogP contribution in [-0.2, 0) is 17.8 Å². The molecule has 11 heteroatoms. The van der Waals surface area contributed by atoms with Gasteiger partial charge >= 0.3 is 0 Å². The first-order valence-corrected chi connectivity index (χ1v) is 13.8. The SMILES string of the molecule is COc1ccc(N(C)C(=O)[C@H](Cc2ccccc2)NC(=O)c2cccc(-c3cn(Cc4ccc([N+](=O)[O-])cc4)nn3)c2)cc1. The summed E-state index contributed by atoms with van der Waals surface area (Å²) < 4.78 is 6.85. The molecule has 222 valence electrons. The maximum Gasteiger partial charge on any atom is 0.269 e. The number of amides is 2. The molecule has 0 unspecified atom stereocenters. The third-order valence-corrected chi connectivity index (χ3v) is 7.13. The van der Waals surface area contributed by atoms with Gasteiger partial charge in [-0.15, -0.1) is 5.10 Å². The quantitative estimate of drug-likeness (QED) is 0.171. The summed E-state index contributed by atoms with van der Waals surface area (Å²) in [6.07, 6.45) is 2.05. The number of rotatable bonds is 11. The monoisotopic (exact) mass is 590 g/mol. The lowest BCUT2D eigenvalue weighted by Crippen LogP contribution is -2.48. The number of nitrogens with one attached hydrogen (secondary N) is 1. The largest absolute Gasteiger partial charge is 0.497 e. The fraction of sp³-hybridized carbons (Fsp3) is 0.152. The number of hydrogen-bond donors (Lipinski definition) is 1. The number of non-ortho nitro benzene ring substituents is 1. The van der Waals surface area contributed by atoms with E-state index in [4.69, 9.17) is 4.74 Å². The second-order valence-electron chi connectivity index (χ2n) is 10.1. The summed E-state index contributed by atoms with van der Waals surface area (Å²) in [6.45, 7) is 0.371. The van der Waals surface area contributed by atoms with Crippen LogP contribution in [-0.4, -0.2) is 51.9 Å². The topological polar surface area (TPSA) is 132 Å². The Morgan fingerprint density at radius 3 is 2.36 bits per heavy atom. The molecule has 0 aliphatic heterocycles. The lowest BCUT2D eigenvalue weighted by molar-refractivity contribution is -0.384. The van der Waals surface area contributed by atoms with Crippen molar-refractivity contribution in [1.82, 2.24) is 20.3 Å². The number of nitro benzene ring substituents is 1. The van der Waals surface area contributed by atoms with E-state index in [2.05, 4.69) is 15.6 Å². The fourth-order valence-corrected chi connectivity index (χ4v) is 4.70. The van der Waals surface area contributed by atoms with Crippen molar-refractivity contribution in [2.24, 2.45) is 0 Å². The fourth-order valence-electron chi connectivity index (χ4n) is 4.70. The zero-order chi connectivity index (χ0) is 31.1. The standard InChI is InChI=1S/C33H30N6O5/c1-37(27-15-17-29(44-2)18-16-27)33(41)30(19-23-7-4-3-5-8-23)34-32(40)26-10-6-9-25(20-26)31-22-38(36-35-31)21-24-11-13-28(14-12-24)39(42)43/h3-18,20,22,30H,19,21H2,1-2H3,(H,34,40)/t30-/m0/s1. The van der Waals surface area contributed by atoms with Gasteiger partial charge in [-0.05, 0) is 47.5 Å². The van der Waals surface area contributed by atoms with Crippen molar-refractivity contribution in [1.29, 1.82) is 0 Å². The van der Waals surface area contributed by atoms with Crippen molar-refractivity contribution in [2.75, 3.05) is 19.1 Å². The van der Waals surface area contributed by atoms with Crippen molar-refractivity contribution in [2.45, 2.75) is 19.0 Å². The summed E-state index contributed by atoms with van der Waals surface area (Å²) in [5.74, 6) is 0.00949. The van der Waals surface area contributed by atoms with Crippen LogP contribution in [0, 0.1) is 10.1 Å². The van der Waals surface area contributed by atoms with E-state index in [9.17, 15) is 19.7 Å². The van der Waals surface area contributed by atoms with E-state index in [0.717, 1.165) is 11.1 Å². The van der Waals surface area contributed by atoms with Crippen LogP contribution in [0.4, 0.5) is 11.4 Å². The summed E-state index contributed by atoms with van der Waals surface area (Å²) in [5, 5.41) is 22.3. The minimum absolute atomic E-state index is 0.0169. The summed E-state index contributed by atoms with van der Waals surface area (Å²) >= 11 is 0. The van der Waals surface area contributed by atoms with Gasteiger partial charge in [-0.25, -0.2) is 4.68 Å². The maximum absolute atomic E-state index is 13.7. The highest BCUT2D eigenvalue weighted by Crippen LogP contribution is 2.21. The summed E-state index contributed by atoms with van der Waals surface area (Å²) in [6, 6.07) is 29.0. The predicted octanol–water partition coefficient (Wildman–Crippen LogP) is 4.91. The molecule has 0 bridgehead atoms. The molecular weight excluding hydrogens is 560 g/mol. The first kappa shape index (κ1) is 29.6. The number of hydrogen-bond acceptors (Lipinski definition) is 7. The Balaban J connectivity index is 1.32. The molecule has 1 heterocycles. The molecule has 4 aromatic carbocycles. The average molecular weight is 591 g/mol. The number of carbonyl (C=O) groups excluding carboxylic acids is 2. The summed E-state index contributed by atoms with van der Waals surface area (Å²) in [5.41, 5.74) is 4.02. The smallest absolute Gasteiger partial charge is 0.269 e. The molecule has 5 rings (SSSR count). The molecule has 5 aromatic rings. The zero-order valence-corrected chi connectivity index (χ0v) is 24.2. The van der Waals surface area contributed by atoms with E-state index in [0.29, 0.717) is 41.2 Å². The van der Waals surface area contributed by atoms with Gasteiger partial charge in [-0.3, -0.25) is 19.7 Å². The highest BCUT2D eigenvalue weighted by Gasteiger charge is 2.26. The van der Waals surface area contributed by atoms with Crippen LogP contribution in [0.1, 0.15) is 21.5 Å². The Kier molecular flexibility index (Phi) is 9.05. The van der Waals surface area contributed by atoms with E-state index in [1.807, 2.05) is 36.4 Å². The molecule has 0 saturated carbocycles. The van der Waals surface area contributed by atoms with Crippen molar-refractivity contribution in [3.8, 4) is 17.0 Å². The number of ether oxygens (including phenoxy) is 1. The van der Waals surface area contributed by atoms with Gasteiger partial charge < -0.3 is 15.0 Å². The van der Waals surface area contributed by atoms with E-state index < -0.39 is 16.9 Å². The third-order valence-electron chi connectivity index (χ3n) is 7.13. The lowest BCUT2D eigenvalue weighted by Gasteiger charge is -2.25. The molecule has 0 aliphatic carbocycles. The second-order valence-corrected chi connectivity index (χ2v) is 10.1. The third kappa shape index (κ3) is 7.13. The lowest BCUT2D eigenvalue weighted by atomic mass is 10.0. The number of benzene rings is 4. The minimum Gasteiger partial charge on any atom is -0.497 e. The van der Waals surface area contributed by atoms with Crippen LogP contribution in [0.25, 0.3) is 11.3 Å². The molecule has 0 fully saturated rings. The van der Waals surface area contributed by atoms with Gasteiger partial charge in [0.05, 0.1) is 24.8 Å². The molecule has 1 N–H and O–H groups in total. The number of nitrogens with zero attached hydrogens (tertiary/aromatic N) is 5. The average Bonchev–Trinajstić information content (AvgIpc) is 3.53. The van der Waals surface area contributed by atoms with E-state index in [1.165, 1.54) is 17.0 Å². The number of anilines is 1. The van der Waals surface area contributed by atoms with Crippen LogP contribution in [0.5, 0.6) is 5.75 Å². The molecular formula is C33H30N6O5. The number of nitro groups is 1. The van der Waals surface area contributed by atoms with E-state index >= 15 is 0 Å². The first-order chi connectivity index (χ1) is 21.3. The van der Waals surface area contributed by atoms with Crippen molar-refractivity contribution in [3.05, 3.63) is 136 Å². The Hall–Kier alpha value is -5.84. The molecule has 0 saturated heterocycles. The molecule has 0 aliphatic rings. The maximum atomic E-state index is 13.7. The van der Waals surface area contributed by atoms with Gasteiger partial charge in [0.2, 0.25) is 5.91 Å². The Bertz CT molecular complexity index is 1750. The van der Waals surface area contributed by atoms with Crippen molar-refractivity contribution < 1.29 is 19.2 Å².